The fourth-order valence-corrected chi connectivity index (χ4v) is 3.84. The molecule has 11 nitrogen and oxygen atoms in total. The first-order chi connectivity index (χ1) is 16.5. The Morgan fingerprint density at radius 1 is 1.24 bits per heavy atom. The van der Waals surface area contributed by atoms with Crippen molar-refractivity contribution in [3.63, 3.8) is 0 Å². The first kappa shape index (κ1) is 21.3. The third kappa shape index (κ3) is 4.11. The van der Waals surface area contributed by atoms with Gasteiger partial charge in [-0.15, -0.1) is 9.78 Å². The summed E-state index contributed by atoms with van der Waals surface area (Å²) in [6, 6.07) is 12.2. The van der Waals surface area contributed by atoms with E-state index in [1.807, 2.05) is 31.2 Å². The lowest BCUT2D eigenvalue weighted by Crippen LogP contribution is -2.18. The lowest BCUT2D eigenvalue weighted by Gasteiger charge is -2.24. The number of H-pyrrole nitrogens is 1. The first-order valence-corrected chi connectivity index (χ1v) is 10.5. The molecular weight excluding hydrogens is 436 g/mol. The number of fused-ring (bicyclic) bond motifs is 1. The molecule has 1 unspecified atom stereocenters. The topological polar surface area (TPSA) is 157 Å². The van der Waals surface area contributed by atoms with Crippen molar-refractivity contribution in [2.24, 2.45) is 5.73 Å². The van der Waals surface area contributed by atoms with Gasteiger partial charge in [0.2, 0.25) is 0 Å². The molecule has 172 valence electrons. The largest absolute Gasteiger partial charge is 0.467 e. The third-order valence-corrected chi connectivity index (χ3v) is 5.41. The fourth-order valence-electron chi connectivity index (χ4n) is 3.84. The van der Waals surface area contributed by atoms with Crippen molar-refractivity contribution >= 4 is 11.5 Å². The summed E-state index contributed by atoms with van der Waals surface area (Å²) in [7, 11) is 0. The van der Waals surface area contributed by atoms with Crippen LogP contribution in [0, 0.1) is 12.3 Å². The van der Waals surface area contributed by atoms with Gasteiger partial charge in [-0.3, -0.25) is 10.4 Å². The summed E-state index contributed by atoms with van der Waals surface area (Å²) in [5.74, 6) is 1.34. The number of hydrogen-bond acceptors (Lipinski definition) is 8. The van der Waals surface area contributed by atoms with Crippen LogP contribution in [0.1, 0.15) is 34.1 Å². The number of nitrogens with one attached hydrogen (secondary N) is 3. The van der Waals surface area contributed by atoms with Crippen molar-refractivity contribution in [2.45, 2.75) is 19.6 Å². The molecule has 0 aliphatic carbocycles. The molecule has 2 aromatic carbocycles. The standard InChI is InChI=1S/C23H22N8O3/c1-13-9-15(10-16-11-33-12-34-19(13)16)18(28-17-5-3-14(4-6-17)20(24)25)21-29-23(32)31(30-21)22-26-7-2-8-27-22/h2-10,18,28H,11-12H2,1H3,(H3,24,25)(H,29,30,32). The van der Waals surface area contributed by atoms with Crippen molar-refractivity contribution in [3.05, 3.63) is 93.4 Å². The highest BCUT2D eigenvalue weighted by Crippen LogP contribution is 2.33. The van der Waals surface area contributed by atoms with Gasteiger partial charge >= 0.3 is 5.69 Å². The Morgan fingerprint density at radius 3 is 2.74 bits per heavy atom. The van der Waals surface area contributed by atoms with E-state index in [-0.39, 0.29) is 18.6 Å². The molecule has 1 atom stereocenters. The van der Waals surface area contributed by atoms with Crippen LogP contribution in [0.2, 0.25) is 0 Å². The number of ether oxygens (including phenoxy) is 2. The molecule has 0 amide bonds. The van der Waals surface area contributed by atoms with E-state index < -0.39 is 11.7 Å². The van der Waals surface area contributed by atoms with Gasteiger partial charge in [0.1, 0.15) is 17.6 Å². The molecule has 0 spiro atoms. The molecule has 11 heteroatoms. The zero-order valence-corrected chi connectivity index (χ0v) is 18.3. The quantitative estimate of drug-likeness (QED) is 0.252. The number of anilines is 1. The maximum Gasteiger partial charge on any atom is 0.350 e. The SMILES string of the molecule is Cc1cc(C(Nc2ccc(C(=N)N)cc2)c2nn(-c3ncccn3)c(=O)[nH]2)cc2c1OCOC2. The van der Waals surface area contributed by atoms with Gasteiger partial charge in [0.15, 0.2) is 12.6 Å². The lowest BCUT2D eigenvalue weighted by molar-refractivity contribution is -0.0169. The highest BCUT2D eigenvalue weighted by atomic mass is 16.7. The number of rotatable bonds is 6. The molecule has 34 heavy (non-hydrogen) atoms. The summed E-state index contributed by atoms with van der Waals surface area (Å²) in [6.07, 6.45) is 3.09. The van der Waals surface area contributed by atoms with Gasteiger partial charge in [-0.2, -0.15) is 0 Å². The predicted molar refractivity (Wildman–Crippen MR) is 124 cm³/mol. The third-order valence-electron chi connectivity index (χ3n) is 5.41. The molecule has 0 saturated heterocycles. The molecule has 5 N–H and O–H groups in total. The van der Waals surface area contributed by atoms with E-state index in [2.05, 4.69) is 25.4 Å². The molecule has 5 rings (SSSR count). The van der Waals surface area contributed by atoms with Crippen molar-refractivity contribution < 1.29 is 9.47 Å². The summed E-state index contributed by atoms with van der Waals surface area (Å²) < 4.78 is 12.2. The van der Waals surface area contributed by atoms with Gasteiger partial charge in [0.25, 0.3) is 5.95 Å². The fraction of sp³-hybridized carbons (Fsp3) is 0.174. The lowest BCUT2D eigenvalue weighted by atomic mass is 9.98. The van der Waals surface area contributed by atoms with E-state index in [4.69, 9.17) is 20.6 Å². The highest BCUT2D eigenvalue weighted by Gasteiger charge is 2.24. The molecule has 0 radical (unpaired) electrons. The van der Waals surface area contributed by atoms with Gasteiger partial charge < -0.3 is 20.5 Å². The van der Waals surface area contributed by atoms with Crippen LogP contribution in [-0.4, -0.2) is 37.4 Å². The second kappa shape index (κ2) is 8.79. The van der Waals surface area contributed by atoms with Gasteiger partial charge in [-0.05, 0) is 60.5 Å². The van der Waals surface area contributed by atoms with Crippen LogP contribution < -0.4 is 21.5 Å². The van der Waals surface area contributed by atoms with E-state index in [9.17, 15) is 4.79 Å². The average Bonchev–Trinajstić information content (AvgIpc) is 3.24. The van der Waals surface area contributed by atoms with E-state index >= 15 is 0 Å². The molecule has 0 saturated carbocycles. The minimum absolute atomic E-state index is 0.0145. The number of aromatic amines is 1. The normalized spacial score (nSPS) is 13.6. The van der Waals surface area contributed by atoms with Crippen molar-refractivity contribution in [3.8, 4) is 11.7 Å². The van der Waals surface area contributed by atoms with Gasteiger partial charge in [0.05, 0.1) is 6.61 Å². The molecule has 1 aliphatic rings. The summed E-state index contributed by atoms with van der Waals surface area (Å²) in [5, 5.41) is 15.5. The number of hydrogen-bond donors (Lipinski definition) is 4. The number of nitrogen functional groups attached to an aromatic ring is 1. The van der Waals surface area contributed by atoms with Gasteiger partial charge in [0, 0.05) is 29.2 Å². The summed E-state index contributed by atoms with van der Waals surface area (Å²) in [4.78, 5) is 23.8. The summed E-state index contributed by atoms with van der Waals surface area (Å²) in [6.45, 7) is 2.60. The Balaban J connectivity index is 1.59. The number of aromatic nitrogens is 5. The second-order valence-corrected chi connectivity index (χ2v) is 7.78. The van der Waals surface area contributed by atoms with Gasteiger partial charge in [-0.25, -0.2) is 14.8 Å². The maximum atomic E-state index is 12.7. The number of amidine groups is 1. The van der Waals surface area contributed by atoms with Crippen molar-refractivity contribution in [1.29, 1.82) is 5.41 Å². The van der Waals surface area contributed by atoms with Crippen LogP contribution in [0.5, 0.6) is 5.75 Å². The van der Waals surface area contributed by atoms with Crippen LogP contribution in [0.25, 0.3) is 5.95 Å². The van der Waals surface area contributed by atoms with Crippen LogP contribution in [0.4, 0.5) is 5.69 Å². The van der Waals surface area contributed by atoms with Crippen LogP contribution in [0.3, 0.4) is 0 Å². The second-order valence-electron chi connectivity index (χ2n) is 7.78. The summed E-state index contributed by atoms with van der Waals surface area (Å²) >= 11 is 0. The van der Waals surface area contributed by atoms with Crippen LogP contribution in [0.15, 0.2) is 59.7 Å². The Hall–Kier alpha value is -4.51. The molecule has 1 aliphatic heterocycles. The Morgan fingerprint density at radius 2 is 2.00 bits per heavy atom. The van der Waals surface area contributed by atoms with E-state index in [0.29, 0.717) is 18.0 Å². The Kier molecular flexibility index (Phi) is 5.52. The first-order valence-electron chi connectivity index (χ1n) is 10.5. The van der Waals surface area contributed by atoms with Crippen molar-refractivity contribution in [2.75, 3.05) is 12.1 Å². The minimum atomic E-state index is -0.522. The van der Waals surface area contributed by atoms with E-state index in [1.165, 1.54) is 0 Å². The maximum absolute atomic E-state index is 12.7. The van der Waals surface area contributed by atoms with Crippen molar-refractivity contribution in [1.82, 2.24) is 24.7 Å². The molecule has 2 aromatic heterocycles. The Labute approximate surface area is 194 Å². The number of aryl methyl sites for hydroxylation is 1. The van der Waals surface area contributed by atoms with Crippen LogP contribution >= 0.6 is 0 Å². The number of nitrogens with zero attached hydrogens (tertiary/aromatic N) is 4. The molecule has 4 aromatic rings. The zero-order chi connectivity index (χ0) is 23.7. The van der Waals surface area contributed by atoms with E-state index in [0.717, 1.165) is 32.8 Å². The predicted octanol–water partition coefficient (Wildman–Crippen LogP) is 2.01. The average molecular weight is 458 g/mol. The summed E-state index contributed by atoms with van der Waals surface area (Å²) in [5.41, 5.74) is 9.20. The monoisotopic (exact) mass is 458 g/mol. The molecular formula is C23H22N8O3. The molecule has 0 bridgehead atoms. The Bertz CT molecular complexity index is 1400. The highest BCUT2D eigenvalue weighted by molar-refractivity contribution is 5.95. The molecule has 0 fully saturated rings. The smallest absolute Gasteiger partial charge is 0.350 e. The molecule has 3 heterocycles. The van der Waals surface area contributed by atoms with Crippen LogP contribution in [-0.2, 0) is 11.3 Å². The van der Waals surface area contributed by atoms with Gasteiger partial charge in [-0.1, -0.05) is 0 Å². The minimum Gasteiger partial charge on any atom is -0.467 e. The number of nitrogens with two attached hydrogens (primary N) is 1. The number of benzene rings is 2. The zero-order valence-electron chi connectivity index (χ0n) is 18.3. The van der Waals surface area contributed by atoms with E-state index in [1.54, 1.807) is 30.6 Å².